The largest absolute Gasteiger partial charge is 0.329 e. The number of nitrogens with two attached hydrogens (primary N) is 1. The highest BCUT2D eigenvalue weighted by Gasteiger charge is 2.29. The van der Waals surface area contributed by atoms with Crippen LogP contribution in [-0.4, -0.2) is 55.8 Å². The number of piperidine rings is 1. The third-order valence-corrected chi connectivity index (χ3v) is 5.14. The van der Waals surface area contributed by atoms with Crippen LogP contribution in [0.4, 0.5) is 0 Å². The van der Waals surface area contributed by atoms with Gasteiger partial charge in [0.2, 0.25) is 10.0 Å². The zero-order valence-corrected chi connectivity index (χ0v) is 12.8. The number of rotatable bonds is 5. The number of nitrogens with one attached hydrogen (secondary N) is 1. The zero-order chi connectivity index (χ0) is 14.8. The fraction of sp³-hybridized carbons (Fsp3) is 0.750. The molecule has 8 heteroatoms. The first-order valence-corrected chi connectivity index (χ1v) is 8.34. The Balaban J connectivity index is 2.06. The monoisotopic (exact) mass is 301 g/mol. The summed E-state index contributed by atoms with van der Waals surface area (Å²) in [5, 5.41) is 4.01. The Morgan fingerprint density at radius 3 is 2.95 bits per heavy atom. The van der Waals surface area contributed by atoms with Crippen molar-refractivity contribution in [3.63, 3.8) is 0 Å². The van der Waals surface area contributed by atoms with E-state index >= 15 is 0 Å². The number of hydrogen-bond acceptors (Lipinski definition) is 5. The van der Waals surface area contributed by atoms with Crippen LogP contribution in [0.25, 0.3) is 0 Å². The van der Waals surface area contributed by atoms with E-state index in [1.54, 1.807) is 4.68 Å². The number of sulfonamides is 1. The van der Waals surface area contributed by atoms with Crippen molar-refractivity contribution in [2.75, 3.05) is 26.7 Å². The molecule has 0 amide bonds. The molecule has 1 saturated heterocycles. The summed E-state index contributed by atoms with van der Waals surface area (Å²) < 4.78 is 29.0. The highest BCUT2D eigenvalue weighted by atomic mass is 32.2. The van der Waals surface area contributed by atoms with Gasteiger partial charge in [-0.05, 0) is 25.9 Å². The molecule has 0 aromatic carbocycles. The first kappa shape index (κ1) is 15.4. The fourth-order valence-corrected chi connectivity index (χ4v) is 3.87. The van der Waals surface area contributed by atoms with Crippen LogP contribution in [0.5, 0.6) is 0 Å². The molecule has 0 aliphatic carbocycles. The first-order valence-electron chi connectivity index (χ1n) is 6.86. The van der Waals surface area contributed by atoms with Gasteiger partial charge < -0.3 is 10.6 Å². The van der Waals surface area contributed by atoms with Crippen LogP contribution in [0.15, 0.2) is 17.3 Å². The highest BCUT2D eigenvalue weighted by molar-refractivity contribution is 7.89. The number of nitrogens with zero attached hydrogens (tertiary/aromatic N) is 3. The molecule has 1 aromatic rings. The molecule has 0 saturated carbocycles. The van der Waals surface area contributed by atoms with Crippen molar-refractivity contribution in [1.82, 2.24) is 19.4 Å². The Hall–Kier alpha value is -0.960. The molecule has 1 aromatic heterocycles. The Kier molecular flexibility index (Phi) is 4.79. The molecule has 2 rings (SSSR count). The molecule has 0 bridgehead atoms. The van der Waals surface area contributed by atoms with Crippen LogP contribution in [0.3, 0.4) is 0 Å². The SMILES string of the molecule is CC1CN(C)CCC1NS(=O)(=O)c1cnn(CCN)c1. The maximum absolute atomic E-state index is 12.3. The molecule has 20 heavy (non-hydrogen) atoms. The van der Waals surface area contributed by atoms with Crippen LogP contribution >= 0.6 is 0 Å². The van der Waals surface area contributed by atoms with Crippen LogP contribution in [0, 0.1) is 5.92 Å². The van der Waals surface area contributed by atoms with E-state index in [2.05, 4.69) is 28.7 Å². The second-order valence-corrected chi connectivity index (χ2v) is 7.20. The van der Waals surface area contributed by atoms with Crippen LogP contribution in [0.1, 0.15) is 13.3 Å². The minimum absolute atomic E-state index is 0.0194. The first-order chi connectivity index (χ1) is 9.42. The third-order valence-electron chi connectivity index (χ3n) is 3.69. The predicted molar refractivity (Wildman–Crippen MR) is 76.7 cm³/mol. The fourth-order valence-electron chi connectivity index (χ4n) is 2.53. The summed E-state index contributed by atoms with van der Waals surface area (Å²) in [7, 11) is -1.45. The average molecular weight is 301 g/mol. The van der Waals surface area contributed by atoms with Crippen molar-refractivity contribution in [3.8, 4) is 0 Å². The van der Waals surface area contributed by atoms with Gasteiger partial charge in [-0.15, -0.1) is 0 Å². The quantitative estimate of drug-likeness (QED) is 0.762. The molecular weight excluding hydrogens is 278 g/mol. The summed E-state index contributed by atoms with van der Waals surface area (Å²) in [6.07, 6.45) is 3.72. The summed E-state index contributed by atoms with van der Waals surface area (Å²) in [6, 6.07) is -0.0194. The lowest BCUT2D eigenvalue weighted by molar-refractivity contribution is 0.188. The van der Waals surface area contributed by atoms with Gasteiger partial charge in [0.15, 0.2) is 0 Å². The van der Waals surface area contributed by atoms with Crippen LogP contribution in [-0.2, 0) is 16.6 Å². The van der Waals surface area contributed by atoms with Crippen molar-refractivity contribution in [3.05, 3.63) is 12.4 Å². The highest BCUT2D eigenvalue weighted by Crippen LogP contribution is 2.18. The predicted octanol–water partition coefficient (Wildman–Crippen LogP) is -0.540. The van der Waals surface area contributed by atoms with E-state index in [-0.39, 0.29) is 10.9 Å². The summed E-state index contributed by atoms with van der Waals surface area (Å²) in [4.78, 5) is 2.42. The van der Waals surface area contributed by atoms with Gasteiger partial charge in [0.25, 0.3) is 0 Å². The lowest BCUT2D eigenvalue weighted by atomic mass is 9.95. The molecule has 0 radical (unpaired) electrons. The van der Waals surface area contributed by atoms with E-state index < -0.39 is 10.0 Å². The van der Waals surface area contributed by atoms with Gasteiger partial charge in [0, 0.05) is 25.3 Å². The molecule has 1 fully saturated rings. The Morgan fingerprint density at radius 1 is 1.55 bits per heavy atom. The molecule has 2 atom stereocenters. The van der Waals surface area contributed by atoms with Crippen LogP contribution < -0.4 is 10.5 Å². The number of likely N-dealkylation sites (tertiary alicyclic amines) is 1. The zero-order valence-electron chi connectivity index (χ0n) is 12.0. The Morgan fingerprint density at radius 2 is 2.30 bits per heavy atom. The lowest BCUT2D eigenvalue weighted by Crippen LogP contribution is -2.48. The second-order valence-electron chi connectivity index (χ2n) is 5.48. The molecule has 7 nitrogen and oxygen atoms in total. The molecule has 2 unspecified atom stereocenters. The molecule has 0 spiro atoms. The van der Waals surface area contributed by atoms with Crippen molar-refractivity contribution in [1.29, 1.82) is 0 Å². The molecule has 1 aliphatic rings. The number of hydrogen-bond donors (Lipinski definition) is 2. The van der Waals surface area contributed by atoms with Gasteiger partial charge in [-0.3, -0.25) is 4.68 Å². The molecule has 114 valence electrons. The number of aromatic nitrogens is 2. The average Bonchev–Trinajstić information content (AvgIpc) is 2.83. The van der Waals surface area contributed by atoms with E-state index in [0.29, 0.717) is 19.0 Å². The van der Waals surface area contributed by atoms with E-state index in [9.17, 15) is 8.42 Å². The van der Waals surface area contributed by atoms with Crippen LogP contribution in [0.2, 0.25) is 0 Å². The Bertz CT molecular complexity index is 542. The lowest BCUT2D eigenvalue weighted by Gasteiger charge is -2.34. The maximum atomic E-state index is 12.3. The summed E-state index contributed by atoms with van der Waals surface area (Å²) in [5.74, 6) is 0.294. The van der Waals surface area contributed by atoms with Gasteiger partial charge in [-0.2, -0.15) is 5.10 Å². The normalized spacial score (nSPS) is 24.9. The molecule has 2 heterocycles. The molecule has 1 aliphatic heterocycles. The van der Waals surface area contributed by atoms with E-state index in [1.807, 2.05) is 0 Å². The van der Waals surface area contributed by atoms with Crippen molar-refractivity contribution < 1.29 is 8.42 Å². The van der Waals surface area contributed by atoms with Gasteiger partial charge in [-0.25, -0.2) is 13.1 Å². The van der Waals surface area contributed by atoms with Crippen molar-refractivity contribution in [2.24, 2.45) is 11.7 Å². The Labute approximate surface area is 120 Å². The van der Waals surface area contributed by atoms with Gasteiger partial charge in [-0.1, -0.05) is 6.92 Å². The third kappa shape index (κ3) is 3.57. The summed E-state index contributed by atoms with van der Waals surface area (Å²) in [6.45, 7) is 4.82. The van der Waals surface area contributed by atoms with Crippen molar-refractivity contribution in [2.45, 2.75) is 30.8 Å². The smallest absolute Gasteiger partial charge is 0.243 e. The second kappa shape index (κ2) is 6.21. The van der Waals surface area contributed by atoms with Gasteiger partial charge in [0.05, 0.1) is 12.7 Å². The van der Waals surface area contributed by atoms with Gasteiger partial charge >= 0.3 is 0 Å². The minimum atomic E-state index is -3.50. The van der Waals surface area contributed by atoms with E-state index in [0.717, 1.165) is 19.5 Å². The standard InChI is InChI=1S/C12H23N5O2S/c1-10-8-16(2)5-3-12(10)15-20(18,19)11-7-14-17(9-11)6-4-13/h7,9-10,12,15H,3-6,8,13H2,1-2H3. The van der Waals surface area contributed by atoms with E-state index in [4.69, 9.17) is 5.73 Å². The summed E-state index contributed by atoms with van der Waals surface area (Å²) in [5.41, 5.74) is 5.43. The van der Waals surface area contributed by atoms with E-state index in [1.165, 1.54) is 12.4 Å². The molecule has 3 N–H and O–H groups in total. The summed E-state index contributed by atoms with van der Waals surface area (Å²) >= 11 is 0. The van der Waals surface area contributed by atoms with Gasteiger partial charge in [0.1, 0.15) is 4.90 Å². The molecular formula is C12H23N5O2S. The maximum Gasteiger partial charge on any atom is 0.243 e. The minimum Gasteiger partial charge on any atom is -0.329 e. The topological polar surface area (TPSA) is 93.2 Å². The van der Waals surface area contributed by atoms with Crippen molar-refractivity contribution >= 4 is 10.0 Å².